The number of benzene rings is 7. The minimum absolute atomic E-state index is 0.595. The van der Waals surface area contributed by atoms with Crippen LogP contribution in [0.2, 0.25) is 0 Å². The number of rotatable bonds is 5. The lowest BCUT2D eigenvalue weighted by Gasteiger charge is -2.09. The summed E-state index contributed by atoms with van der Waals surface area (Å²) < 4.78 is 12.2. The number of para-hydroxylation sites is 2. The molecule has 3 heterocycles. The summed E-state index contributed by atoms with van der Waals surface area (Å²) in [6.45, 7) is 0. The molecule has 50 heavy (non-hydrogen) atoms. The predicted octanol–water partition coefficient (Wildman–Crippen LogP) is 12.0. The normalized spacial score (nSPS) is 11.6. The lowest BCUT2D eigenvalue weighted by molar-refractivity contribution is 0.668. The monoisotopic (exact) mass is 641 g/mol. The van der Waals surface area contributed by atoms with Crippen molar-refractivity contribution in [2.75, 3.05) is 0 Å². The van der Waals surface area contributed by atoms with Crippen molar-refractivity contribution >= 4 is 43.9 Å². The van der Waals surface area contributed by atoms with Crippen molar-refractivity contribution in [3.63, 3.8) is 0 Å². The Labute approximate surface area is 287 Å². The summed E-state index contributed by atoms with van der Waals surface area (Å²) in [6, 6.07) is 56.0. The van der Waals surface area contributed by atoms with Crippen LogP contribution in [0.1, 0.15) is 0 Å². The van der Waals surface area contributed by atoms with Gasteiger partial charge in [0.25, 0.3) is 0 Å². The Morgan fingerprint density at radius 1 is 0.260 bits per heavy atom. The second kappa shape index (κ2) is 11.4. The van der Waals surface area contributed by atoms with Gasteiger partial charge < -0.3 is 8.83 Å². The summed E-state index contributed by atoms with van der Waals surface area (Å²) >= 11 is 0. The van der Waals surface area contributed by atoms with Crippen LogP contribution in [0.5, 0.6) is 0 Å². The molecule has 234 valence electrons. The van der Waals surface area contributed by atoms with Crippen LogP contribution in [0.15, 0.2) is 173 Å². The average Bonchev–Trinajstić information content (AvgIpc) is 3.76. The third-order valence-corrected chi connectivity index (χ3v) is 9.38. The fourth-order valence-corrected chi connectivity index (χ4v) is 6.79. The first kappa shape index (κ1) is 28.2. The SMILES string of the molecule is c1ccc(-c2nc(-c3ccc(-c4ccc(-c5ccc6oc7ccccc7c6c5)cc4)cc3)nc(-c3ccc4c(c3)oc3ccccc34)n2)cc1. The molecule has 7 aromatic carbocycles. The highest BCUT2D eigenvalue weighted by Gasteiger charge is 2.15. The van der Waals surface area contributed by atoms with Gasteiger partial charge >= 0.3 is 0 Å². The largest absolute Gasteiger partial charge is 0.456 e. The molecule has 5 nitrogen and oxygen atoms in total. The topological polar surface area (TPSA) is 65.0 Å². The van der Waals surface area contributed by atoms with E-state index in [1.54, 1.807) is 0 Å². The van der Waals surface area contributed by atoms with Crippen molar-refractivity contribution in [3.05, 3.63) is 164 Å². The zero-order valence-electron chi connectivity index (χ0n) is 26.7. The first-order valence-electron chi connectivity index (χ1n) is 16.6. The molecule has 0 unspecified atom stereocenters. The average molecular weight is 642 g/mol. The molecular formula is C45H27N3O2. The van der Waals surface area contributed by atoms with E-state index in [0.29, 0.717) is 17.5 Å². The summed E-state index contributed by atoms with van der Waals surface area (Å²) in [5.41, 5.74) is 10.8. The molecule has 0 amide bonds. The Bertz CT molecular complexity index is 2850. The van der Waals surface area contributed by atoms with E-state index in [-0.39, 0.29) is 0 Å². The summed E-state index contributed by atoms with van der Waals surface area (Å²) in [5, 5.41) is 4.42. The molecule has 10 rings (SSSR count). The highest BCUT2D eigenvalue weighted by Crippen LogP contribution is 2.35. The van der Waals surface area contributed by atoms with Gasteiger partial charge in [-0.25, -0.2) is 15.0 Å². The summed E-state index contributed by atoms with van der Waals surface area (Å²) in [7, 11) is 0. The second-order valence-electron chi connectivity index (χ2n) is 12.4. The lowest BCUT2D eigenvalue weighted by Crippen LogP contribution is -2.00. The maximum Gasteiger partial charge on any atom is 0.164 e. The molecule has 0 aliphatic carbocycles. The standard InChI is InChI=1S/C45H27N3O2/c1-2-8-31(9-3-1)43-46-44(48-45(47-43)34-22-24-37-35-10-4-6-12-39(35)50-42(37)27-34)32-20-18-29(19-21-32)28-14-16-30(17-15-28)33-23-25-41-38(26-33)36-11-5-7-13-40(36)49-41/h1-27H. The Kier molecular flexibility index (Phi) is 6.42. The zero-order chi connectivity index (χ0) is 33.0. The van der Waals surface area contributed by atoms with Crippen LogP contribution in [0.4, 0.5) is 0 Å². The van der Waals surface area contributed by atoms with Crippen LogP contribution >= 0.6 is 0 Å². The van der Waals surface area contributed by atoms with Crippen molar-refractivity contribution in [2.45, 2.75) is 0 Å². The van der Waals surface area contributed by atoms with E-state index in [0.717, 1.165) is 82.8 Å². The predicted molar refractivity (Wildman–Crippen MR) is 202 cm³/mol. The fourth-order valence-electron chi connectivity index (χ4n) is 6.79. The van der Waals surface area contributed by atoms with Gasteiger partial charge in [-0.1, -0.05) is 127 Å². The van der Waals surface area contributed by atoms with Crippen LogP contribution in [0, 0.1) is 0 Å². The van der Waals surface area contributed by atoms with Crippen molar-refractivity contribution in [2.24, 2.45) is 0 Å². The Morgan fingerprint density at radius 2 is 0.680 bits per heavy atom. The molecule has 3 aromatic heterocycles. The molecule has 0 saturated heterocycles. The molecule has 0 N–H and O–H groups in total. The molecule has 0 aliphatic rings. The molecule has 0 atom stereocenters. The van der Waals surface area contributed by atoms with Gasteiger partial charge in [0, 0.05) is 38.2 Å². The summed E-state index contributed by atoms with van der Waals surface area (Å²) in [4.78, 5) is 14.8. The van der Waals surface area contributed by atoms with Crippen LogP contribution in [0.3, 0.4) is 0 Å². The fraction of sp³-hybridized carbons (Fsp3) is 0. The number of hydrogen-bond donors (Lipinski definition) is 0. The number of fused-ring (bicyclic) bond motifs is 6. The van der Waals surface area contributed by atoms with E-state index >= 15 is 0 Å². The molecule has 0 radical (unpaired) electrons. The molecular weight excluding hydrogens is 615 g/mol. The van der Waals surface area contributed by atoms with Gasteiger partial charge in [-0.05, 0) is 58.7 Å². The molecule has 0 aliphatic heterocycles. The van der Waals surface area contributed by atoms with Gasteiger partial charge in [-0.15, -0.1) is 0 Å². The molecule has 0 fully saturated rings. The van der Waals surface area contributed by atoms with E-state index in [1.807, 2.05) is 66.7 Å². The van der Waals surface area contributed by atoms with Gasteiger partial charge in [0.1, 0.15) is 22.3 Å². The zero-order valence-corrected chi connectivity index (χ0v) is 26.7. The maximum atomic E-state index is 6.19. The third kappa shape index (κ3) is 4.83. The van der Waals surface area contributed by atoms with Crippen molar-refractivity contribution in [1.29, 1.82) is 0 Å². The van der Waals surface area contributed by atoms with E-state index in [2.05, 4.69) is 97.1 Å². The van der Waals surface area contributed by atoms with E-state index in [4.69, 9.17) is 23.8 Å². The molecule has 0 spiro atoms. The maximum absolute atomic E-state index is 6.19. The molecule has 0 bridgehead atoms. The number of hydrogen-bond acceptors (Lipinski definition) is 5. The Balaban J connectivity index is 0.986. The third-order valence-electron chi connectivity index (χ3n) is 9.38. The van der Waals surface area contributed by atoms with Crippen LogP contribution < -0.4 is 0 Å². The Morgan fingerprint density at radius 3 is 1.34 bits per heavy atom. The van der Waals surface area contributed by atoms with Gasteiger partial charge in [-0.2, -0.15) is 0 Å². The van der Waals surface area contributed by atoms with Gasteiger partial charge in [0.2, 0.25) is 0 Å². The number of furan rings is 2. The minimum atomic E-state index is 0.595. The summed E-state index contributed by atoms with van der Waals surface area (Å²) in [6.07, 6.45) is 0. The lowest BCUT2D eigenvalue weighted by atomic mass is 9.98. The van der Waals surface area contributed by atoms with Crippen LogP contribution in [-0.4, -0.2) is 15.0 Å². The summed E-state index contributed by atoms with van der Waals surface area (Å²) in [5.74, 6) is 1.83. The number of aromatic nitrogens is 3. The van der Waals surface area contributed by atoms with Crippen molar-refractivity contribution in [3.8, 4) is 56.4 Å². The van der Waals surface area contributed by atoms with E-state index in [9.17, 15) is 0 Å². The van der Waals surface area contributed by atoms with Crippen molar-refractivity contribution in [1.82, 2.24) is 15.0 Å². The van der Waals surface area contributed by atoms with Crippen LogP contribution in [-0.2, 0) is 0 Å². The Hall–Kier alpha value is -6.85. The van der Waals surface area contributed by atoms with Gasteiger partial charge in [0.05, 0.1) is 0 Å². The number of nitrogens with zero attached hydrogens (tertiary/aromatic N) is 3. The molecule has 10 aromatic rings. The second-order valence-corrected chi connectivity index (χ2v) is 12.4. The van der Waals surface area contributed by atoms with Gasteiger partial charge in [0.15, 0.2) is 17.5 Å². The smallest absolute Gasteiger partial charge is 0.164 e. The highest BCUT2D eigenvalue weighted by atomic mass is 16.3. The van der Waals surface area contributed by atoms with Gasteiger partial charge in [-0.3, -0.25) is 0 Å². The molecule has 5 heteroatoms. The van der Waals surface area contributed by atoms with Crippen LogP contribution in [0.25, 0.3) is 100 Å². The quantitative estimate of drug-likeness (QED) is 0.187. The molecule has 0 saturated carbocycles. The van der Waals surface area contributed by atoms with E-state index < -0.39 is 0 Å². The first-order chi connectivity index (χ1) is 24.7. The minimum Gasteiger partial charge on any atom is -0.456 e. The highest BCUT2D eigenvalue weighted by molar-refractivity contribution is 6.07. The first-order valence-corrected chi connectivity index (χ1v) is 16.6. The van der Waals surface area contributed by atoms with E-state index in [1.165, 1.54) is 0 Å². The van der Waals surface area contributed by atoms with Crippen molar-refractivity contribution < 1.29 is 8.83 Å².